The molecule has 0 saturated heterocycles. The number of aromatic nitrogens is 3. The Morgan fingerprint density at radius 2 is 2.17 bits per heavy atom. The molecule has 0 aliphatic carbocycles. The summed E-state index contributed by atoms with van der Waals surface area (Å²) >= 11 is 1.40. The summed E-state index contributed by atoms with van der Waals surface area (Å²) in [5, 5.41) is 7.49. The van der Waals surface area contributed by atoms with Crippen LogP contribution in [-0.4, -0.2) is 21.3 Å². The van der Waals surface area contributed by atoms with E-state index in [0.29, 0.717) is 6.54 Å². The van der Waals surface area contributed by atoms with Gasteiger partial charge in [0, 0.05) is 23.8 Å². The number of hydrogen-bond donors (Lipinski definition) is 1. The molecule has 2 rings (SSSR count). The first-order valence-electron chi connectivity index (χ1n) is 5.27. The maximum atomic E-state index is 12.4. The first kappa shape index (κ1) is 12.9. The number of hydrogen-bond acceptors (Lipinski definition) is 4. The van der Waals surface area contributed by atoms with Gasteiger partial charge >= 0.3 is 6.18 Å². The van der Waals surface area contributed by atoms with Crippen LogP contribution in [0.1, 0.15) is 17.4 Å². The molecule has 2 heterocycles. The quantitative estimate of drug-likeness (QED) is 0.933. The zero-order valence-electron chi connectivity index (χ0n) is 9.53. The summed E-state index contributed by atoms with van der Waals surface area (Å²) in [5.41, 5.74) is -0.737. The number of nitrogens with one attached hydrogen (secondary N) is 1. The highest BCUT2D eigenvalue weighted by atomic mass is 32.1. The van der Waals surface area contributed by atoms with Gasteiger partial charge in [0.2, 0.25) is 0 Å². The number of nitrogens with zero attached hydrogens (tertiary/aromatic N) is 3. The van der Waals surface area contributed by atoms with E-state index in [9.17, 15) is 13.2 Å². The largest absolute Gasteiger partial charge is 0.419 e. The van der Waals surface area contributed by atoms with E-state index in [-0.39, 0.29) is 0 Å². The van der Waals surface area contributed by atoms with E-state index in [1.165, 1.54) is 16.0 Å². The first-order chi connectivity index (χ1) is 8.49. The Bertz CT molecular complexity index is 517. The molecule has 18 heavy (non-hydrogen) atoms. The lowest BCUT2D eigenvalue weighted by Crippen LogP contribution is -2.03. The van der Waals surface area contributed by atoms with E-state index >= 15 is 0 Å². The molecule has 2 aromatic heterocycles. The molecule has 0 aliphatic heterocycles. The Labute approximate surface area is 105 Å². The maximum absolute atomic E-state index is 12.4. The summed E-state index contributed by atoms with van der Waals surface area (Å²) < 4.78 is 38.4. The van der Waals surface area contributed by atoms with Gasteiger partial charge in [0.25, 0.3) is 0 Å². The predicted octanol–water partition coefficient (Wildman–Crippen LogP) is 2.84. The number of alkyl halides is 3. The number of halogens is 3. The molecule has 0 fully saturated rings. The van der Waals surface area contributed by atoms with Crippen LogP contribution in [0, 0.1) is 0 Å². The minimum atomic E-state index is -4.35. The van der Waals surface area contributed by atoms with Gasteiger partial charge in [-0.3, -0.25) is 4.68 Å². The molecule has 0 spiro atoms. The van der Waals surface area contributed by atoms with E-state index < -0.39 is 11.7 Å². The number of anilines is 1. The zero-order valence-corrected chi connectivity index (χ0v) is 10.3. The molecule has 1 N–H and O–H groups in total. The Balaban J connectivity index is 2.06. The third-order valence-corrected chi connectivity index (χ3v) is 3.10. The van der Waals surface area contributed by atoms with E-state index in [1.807, 2.05) is 6.92 Å². The van der Waals surface area contributed by atoms with Crippen LogP contribution in [0.5, 0.6) is 0 Å². The van der Waals surface area contributed by atoms with Crippen LogP contribution in [-0.2, 0) is 12.7 Å². The SMILES string of the molecule is CCNc1ncc(Cn2cc(C(F)(F)F)cn2)s1. The molecular formula is C10H11F3N4S. The molecule has 0 amide bonds. The molecule has 98 valence electrons. The van der Waals surface area contributed by atoms with Crippen molar-refractivity contribution in [1.82, 2.24) is 14.8 Å². The Kier molecular flexibility index (Phi) is 3.55. The van der Waals surface area contributed by atoms with Gasteiger partial charge in [-0.05, 0) is 6.92 Å². The summed E-state index contributed by atoms with van der Waals surface area (Å²) in [6, 6.07) is 0. The van der Waals surface area contributed by atoms with E-state index in [1.54, 1.807) is 6.20 Å². The third kappa shape index (κ3) is 3.00. The van der Waals surface area contributed by atoms with Crippen LogP contribution >= 0.6 is 11.3 Å². The van der Waals surface area contributed by atoms with Crippen molar-refractivity contribution in [3.05, 3.63) is 29.0 Å². The van der Waals surface area contributed by atoms with Gasteiger partial charge in [-0.2, -0.15) is 18.3 Å². The lowest BCUT2D eigenvalue weighted by molar-refractivity contribution is -0.137. The van der Waals surface area contributed by atoms with Gasteiger partial charge in [0.05, 0.1) is 18.3 Å². The smallest absolute Gasteiger partial charge is 0.362 e. The average Bonchev–Trinajstić information content (AvgIpc) is 2.88. The maximum Gasteiger partial charge on any atom is 0.419 e. The molecule has 2 aromatic rings. The fraction of sp³-hybridized carbons (Fsp3) is 0.400. The van der Waals surface area contributed by atoms with Crippen LogP contribution in [0.2, 0.25) is 0 Å². The summed E-state index contributed by atoms with van der Waals surface area (Å²) in [6.07, 6.45) is -0.892. The highest BCUT2D eigenvalue weighted by Crippen LogP contribution is 2.28. The van der Waals surface area contributed by atoms with Crippen molar-refractivity contribution in [2.75, 3.05) is 11.9 Å². The zero-order chi connectivity index (χ0) is 13.2. The first-order valence-corrected chi connectivity index (χ1v) is 6.09. The lowest BCUT2D eigenvalue weighted by atomic mass is 10.4. The van der Waals surface area contributed by atoms with Crippen molar-refractivity contribution in [1.29, 1.82) is 0 Å². The second kappa shape index (κ2) is 4.97. The number of rotatable bonds is 4. The summed E-state index contributed by atoms with van der Waals surface area (Å²) in [6.45, 7) is 3.00. The van der Waals surface area contributed by atoms with Crippen molar-refractivity contribution in [2.45, 2.75) is 19.6 Å². The molecular weight excluding hydrogens is 265 g/mol. The van der Waals surface area contributed by atoms with Gasteiger partial charge in [0.1, 0.15) is 0 Å². The Morgan fingerprint density at radius 1 is 1.39 bits per heavy atom. The van der Waals surface area contributed by atoms with Crippen molar-refractivity contribution < 1.29 is 13.2 Å². The highest BCUT2D eigenvalue weighted by Gasteiger charge is 2.32. The number of thiazole rings is 1. The van der Waals surface area contributed by atoms with Gasteiger partial charge in [-0.15, -0.1) is 11.3 Å². The van der Waals surface area contributed by atoms with Gasteiger partial charge in [-0.1, -0.05) is 0 Å². The molecule has 0 saturated carbocycles. The van der Waals surface area contributed by atoms with Crippen LogP contribution in [0.25, 0.3) is 0 Å². The summed E-state index contributed by atoms with van der Waals surface area (Å²) in [7, 11) is 0. The molecule has 0 atom stereocenters. The molecule has 0 aliphatic rings. The van der Waals surface area contributed by atoms with Crippen LogP contribution in [0.3, 0.4) is 0 Å². The van der Waals surface area contributed by atoms with E-state index in [2.05, 4.69) is 15.4 Å². The normalized spacial score (nSPS) is 11.8. The van der Waals surface area contributed by atoms with Crippen LogP contribution in [0.4, 0.5) is 18.3 Å². The predicted molar refractivity (Wildman–Crippen MR) is 62.6 cm³/mol. The van der Waals surface area contributed by atoms with E-state index in [0.717, 1.165) is 28.9 Å². The Morgan fingerprint density at radius 3 is 2.78 bits per heavy atom. The fourth-order valence-electron chi connectivity index (χ4n) is 1.37. The van der Waals surface area contributed by atoms with Crippen molar-refractivity contribution in [3.63, 3.8) is 0 Å². The molecule has 0 aromatic carbocycles. The van der Waals surface area contributed by atoms with Gasteiger partial charge in [-0.25, -0.2) is 4.98 Å². The van der Waals surface area contributed by atoms with Gasteiger partial charge < -0.3 is 5.32 Å². The second-order valence-corrected chi connectivity index (χ2v) is 4.70. The minimum absolute atomic E-state index is 0.291. The lowest BCUT2D eigenvalue weighted by Gasteiger charge is -2.01. The topological polar surface area (TPSA) is 42.7 Å². The Hall–Kier alpha value is -1.57. The van der Waals surface area contributed by atoms with E-state index in [4.69, 9.17) is 0 Å². The van der Waals surface area contributed by atoms with Gasteiger partial charge in [0.15, 0.2) is 5.13 Å². The molecule has 0 unspecified atom stereocenters. The monoisotopic (exact) mass is 276 g/mol. The minimum Gasteiger partial charge on any atom is -0.362 e. The summed E-state index contributed by atoms with van der Waals surface area (Å²) in [4.78, 5) is 4.95. The standard InChI is InChI=1S/C10H11F3N4S/c1-2-14-9-15-4-8(18-9)6-17-5-7(3-16-17)10(11,12)13/h3-5H,2,6H2,1H3,(H,14,15). The van der Waals surface area contributed by atoms with Crippen LogP contribution in [0.15, 0.2) is 18.6 Å². The molecule has 8 heteroatoms. The van der Waals surface area contributed by atoms with Crippen molar-refractivity contribution in [3.8, 4) is 0 Å². The molecule has 0 bridgehead atoms. The molecule has 4 nitrogen and oxygen atoms in total. The summed E-state index contributed by atoms with van der Waals surface area (Å²) in [5.74, 6) is 0. The highest BCUT2D eigenvalue weighted by molar-refractivity contribution is 7.15. The second-order valence-electron chi connectivity index (χ2n) is 3.59. The fourth-order valence-corrected chi connectivity index (χ4v) is 2.24. The van der Waals surface area contributed by atoms with Crippen molar-refractivity contribution in [2.24, 2.45) is 0 Å². The van der Waals surface area contributed by atoms with Crippen LogP contribution < -0.4 is 5.32 Å². The average molecular weight is 276 g/mol. The van der Waals surface area contributed by atoms with Crippen molar-refractivity contribution >= 4 is 16.5 Å². The third-order valence-electron chi connectivity index (χ3n) is 2.16. The molecule has 0 radical (unpaired) electrons.